The lowest BCUT2D eigenvalue weighted by molar-refractivity contribution is 0.475. The Morgan fingerprint density at radius 2 is 2.00 bits per heavy atom. The Hall–Kier alpha value is -1.79. The van der Waals surface area contributed by atoms with Crippen LogP contribution in [0.15, 0.2) is 41.4 Å². The Morgan fingerprint density at radius 1 is 1.29 bits per heavy atom. The van der Waals surface area contributed by atoms with Gasteiger partial charge in [-0.1, -0.05) is 17.7 Å². The zero-order valence-corrected chi connectivity index (χ0v) is 13.2. The summed E-state index contributed by atoms with van der Waals surface area (Å²) in [4.78, 5) is 3.85. The summed E-state index contributed by atoms with van der Waals surface area (Å²) in [6.07, 6.45) is 1.35. The van der Waals surface area contributed by atoms with Crippen LogP contribution in [0.2, 0.25) is 5.15 Å². The summed E-state index contributed by atoms with van der Waals surface area (Å²) in [6, 6.07) is 7.31. The Labute approximate surface area is 128 Å². The van der Waals surface area contributed by atoms with E-state index in [1.54, 1.807) is 19.9 Å². The Bertz CT molecular complexity index is 763. The number of hydrogen-bond donors (Lipinski definition) is 1. The van der Waals surface area contributed by atoms with Gasteiger partial charge in [-0.3, -0.25) is 4.31 Å². The number of phenolic OH excluding ortho intramolecular Hbond substituents is 1. The maximum atomic E-state index is 12.7. The van der Waals surface area contributed by atoms with E-state index in [2.05, 4.69) is 4.98 Å². The lowest BCUT2D eigenvalue weighted by atomic mass is 10.2. The lowest BCUT2D eigenvalue weighted by Gasteiger charge is -2.24. The van der Waals surface area contributed by atoms with E-state index in [1.165, 1.54) is 34.8 Å². The van der Waals surface area contributed by atoms with E-state index in [0.717, 1.165) is 5.56 Å². The fourth-order valence-electron chi connectivity index (χ4n) is 2.01. The van der Waals surface area contributed by atoms with Crippen LogP contribution in [-0.2, 0) is 10.0 Å². The molecule has 0 aliphatic carbocycles. The van der Waals surface area contributed by atoms with Crippen LogP contribution in [0.3, 0.4) is 0 Å². The summed E-state index contributed by atoms with van der Waals surface area (Å²) in [5.41, 5.74) is 1.18. The van der Waals surface area contributed by atoms with Crippen molar-refractivity contribution < 1.29 is 13.5 Å². The van der Waals surface area contributed by atoms with Gasteiger partial charge in [0.1, 0.15) is 10.9 Å². The number of nitrogens with zero attached hydrogens (tertiary/aromatic N) is 2. The van der Waals surface area contributed by atoms with Crippen LogP contribution in [-0.4, -0.2) is 25.1 Å². The molecule has 2 aromatic rings. The van der Waals surface area contributed by atoms with Gasteiger partial charge in [-0.25, -0.2) is 13.4 Å². The third-order valence-electron chi connectivity index (χ3n) is 3.03. The van der Waals surface area contributed by atoms with Crippen LogP contribution in [0.25, 0.3) is 0 Å². The molecule has 0 unspecified atom stereocenters. The molecule has 0 saturated carbocycles. The summed E-state index contributed by atoms with van der Waals surface area (Å²) in [7, 11) is -3.77. The minimum atomic E-state index is -3.77. The number of anilines is 1. The number of halogens is 1. The summed E-state index contributed by atoms with van der Waals surface area (Å²) in [5, 5.41) is 9.72. The highest BCUT2D eigenvalue weighted by Gasteiger charge is 2.25. The van der Waals surface area contributed by atoms with E-state index in [9.17, 15) is 13.5 Å². The van der Waals surface area contributed by atoms with Crippen molar-refractivity contribution in [3.63, 3.8) is 0 Å². The maximum absolute atomic E-state index is 12.7. The fourth-order valence-corrected chi connectivity index (χ4v) is 3.79. The van der Waals surface area contributed by atoms with Crippen LogP contribution in [0.1, 0.15) is 12.5 Å². The SMILES string of the molecule is CCN(c1cc(O)ccc1C)S(=O)(=O)c1ccnc(Cl)c1. The zero-order chi connectivity index (χ0) is 15.6. The first-order chi connectivity index (χ1) is 9.86. The van der Waals surface area contributed by atoms with Crippen molar-refractivity contribution in [2.45, 2.75) is 18.7 Å². The van der Waals surface area contributed by atoms with Crippen molar-refractivity contribution in [1.82, 2.24) is 4.98 Å². The summed E-state index contributed by atoms with van der Waals surface area (Å²) < 4.78 is 26.7. The molecule has 0 saturated heterocycles. The molecule has 21 heavy (non-hydrogen) atoms. The topological polar surface area (TPSA) is 70.5 Å². The molecular weight excluding hydrogens is 312 g/mol. The molecule has 1 N–H and O–H groups in total. The normalized spacial score (nSPS) is 11.4. The molecule has 2 rings (SSSR count). The van der Waals surface area contributed by atoms with Crippen molar-refractivity contribution in [2.75, 3.05) is 10.8 Å². The van der Waals surface area contributed by atoms with E-state index >= 15 is 0 Å². The highest BCUT2D eigenvalue weighted by molar-refractivity contribution is 7.92. The highest BCUT2D eigenvalue weighted by atomic mass is 35.5. The van der Waals surface area contributed by atoms with Crippen molar-refractivity contribution in [3.8, 4) is 5.75 Å². The molecule has 0 atom stereocenters. The number of benzene rings is 1. The summed E-state index contributed by atoms with van der Waals surface area (Å²) in [5.74, 6) is 0.0111. The Balaban J connectivity index is 2.57. The molecular formula is C14H15ClN2O3S. The number of hydrogen-bond acceptors (Lipinski definition) is 4. The molecule has 0 bridgehead atoms. The van der Waals surface area contributed by atoms with Crippen LogP contribution in [0.5, 0.6) is 5.75 Å². The van der Waals surface area contributed by atoms with Crippen molar-refractivity contribution in [3.05, 3.63) is 47.2 Å². The van der Waals surface area contributed by atoms with Gasteiger partial charge in [0.25, 0.3) is 10.0 Å². The summed E-state index contributed by atoms with van der Waals surface area (Å²) >= 11 is 5.77. The van der Waals surface area contributed by atoms with E-state index in [-0.39, 0.29) is 22.3 Å². The monoisotopic (exact) mass is 326 g/mol. The number of aryl methyl sites for hydroxylation is 1. The number of aromatic nitrogens is 1. The van der Waals surface area contributed by atoms with Gasteiger partial charge in [-0.2, -0.15) is 0 Å². The molecule has 1 aromatic heterocycles. The molecule has 0 amide bonds. The van der Waals surface area contributed by atoms with Gasteiger partial charge in [-0.05, 0) is 37.6 Å². The summed E-state index contributed by atoms with van der Waals surface area (Å²) in [6.45, 7) is 3.74. The molecule has 0 aliphatic heterocycles. The first kappa shape index (κ1) is 15.6. The Kier molecular flexibility index (Phi) is 4.39. The van der Waals surface area contributed by atoms with Crippen LogP contribution in [0, 0.1) is 6.92 Å². The van der Waals surface area contributed by atoms with Gasteiger partial charge >= 0.3 is 0 Å². The smallest absolute Gasteiger partial charge is 0.264 e. The second-order valence-electron chi connectivity index (χ2n) is 4.45. The highest BCUT2D eigenvalue weighted by Crippen LogP contribution is 2.30. The number of pyridine rings is 1. The molecule has 0 aliphatic rings. The third kappa shape index (κ3) is 3.11. The number of aromatic hydroxyl groups is 1. The van der Waals surface area contributed by atoms with Gasteiger partial charge in [0, 0.05) is 18.8 Å². The van der Waals surface area contributed by atoms with E-state index < -0.39 is 10.0 Å². The van der Waals surface area contributed by atoms with Gasteiger partial charge in [-0.15, -0.1) is 0 Å². The Morgan fingerprint density at radius 3 is 2.62 bits per heavy atom. The molecule has 5 nitrogen and oxygen atoms in total. The van der Waals surface area contributed by atoms with Crippen molar-refractivity contribution in [2.24, 2.45) is 0 Å². The molecule has 0 spiro atoms. The standard InChI is InChI=1S/C14H15ClN2O3S/c1-3-17(13-8-11(18)5-4-10(13)2)21(19,20)12-6-7-16-14(15)9-12/h4-9,18H,3H2,1-2H3. The number of phenols is 1. The predicted octanol–water partition coefficient (Wildman–Crippen LogP) is 2.96. The minimum absolute atomic E-state index is 0.0111. The van der Waals surface area contributed by atoms with Crippen LogP contribution in [0.4, 0.5) is 5.69 Å². The molecule has 112 valence electrons. The molecule has 7 heteroatoms. The molecule has 0 radical (unpaired) electrons. The quantitative estimate of drug-likeness (QED) is 0.877. The molecule has 0 fully saturated rings. The average molecular weight is 327 g/mol. The fraction of sp³-hybridized carbons (Fsp3) is 0.214. The third-order valence-corrected chi connectivity index (χ3v) is 5.13. The van der Waals surface area contributed by atoms with Crippen LogP contribution >= 0.6 is 11.6 Å². The largest absolute Gasteiger partial charge is 0.508 e. The average Bonchev–Trinajstić information content (AvgIpc) is 2.43. The van der Waals surface area contributed by atoms with Crippen molar-refractivity contribution >= 4 is 27.3 Å². The minimum Gasteiger partial charge on any atom is -0.508 e. The first-order valence-corrected chi connectivity index (χ1v) is 8.12. The van der Waals surface area contributed by atoms with Gasteiger partial charge in [0.2, 0.25) is 0 Å². The predicted molar refractivity (Wildman–Crippen MR) is 82.3 cm³/mol. The first-order valence-electron chi connectivity index (χ1n) is 6.30. The lowest BCUT2D eigenvalue weighted by Crippen LogP contribution is -2.31. The number of rotatable bonds is 4. The second-order valence-corrected chi connectivity index (χ2v) is 6.70. The van der Waals surface area contributed by atoms with Crippen LogP contribution < -0.4 is 4.31 Å². The van der Waals surface area contributed by atoms with E-state index in [1.807, 2.05) is 0 Å². The maximum Gasteiger partial charge on any atom is 0.264 e. The van der Waals surface area contributed by atoms with Crippen molar-refractivity contribution in [1.29, 1.82) is 0 Å². The van der Waals surface area contributed by atoms with Gasteiger partial charge in [0.05, 0.1) is 10.6 Å². The van der Waals surface area contributed by atoms with E-state index in [4.69, 9.17) is 11.6 Å². The van der Waals surface area contributed by atoms with E-state index in [0.29, 0.717) is 5.69 Å². The van der Waals surface area contributed by atoms with Gasteiger partial charge in [0.15, 0.2) is 0 Å². The molecule has 1 aromatic carbocycles. The van der Waals surface area contributed by atoms with Gasteiger partial charge < -0.3 is 5.11 Å². The number of sulfonamides is 1. The molecule has 1 heterocycles. The zero-order valence-electron chi connectivity index (χ0n) is 11.6. The second kappa shape index (κ2) is 5.91.